The number of phenolic OH excluding ortho intramolecular Hbond substituents is 1. The van der Waals surface area contributed by atoms with Gasteiger partial charge in [-0.05, 0) is 48.2 Å². The van der Waals surface area contributed by atoms with Gasteiger partial charge in [0.15, 0.2) is 0 Å². The van der Waals surface area contributed by atoms with Gasteiger partial charge >= 0.3 is 12.1 Å². The molecule has 0 bridgehead atoms. The van der Waals surface area contributed by atoms with Crippen LogP contribution in [0.1, 0.15) is 42.1 Å². The molecule has 3 aliphatic heterocycles. The van der Waals surface area contributed by atoms with E-state index in [1.54, 1.807) is 13.8 Å². The number of benzene rings is 3. The van der Waals surface area contributed by atoms with Crippen LogP contribution in [0.2, 0.25) is 0 Å². The van der Waals surface area contributed by atoms with Gasteiger partial charge in [0.1, 0.15) is 41.9 Å². The zero-order chi connectivity index (χ0) is 33.5. The Morgan fingerprint density at radius 2 is 1.64 bits per heavy atom. The fourth-order valence-corrected chi connectivity index (χ4v) is 7.96. The van der Waals surface area contributed by atoms with Crippen molar-refractivity contribution in [2.24, 2.45) is 0 Å². The molecule has 3 aromatic rings. The van der Waals surface area contributed by atoms with E-state index < -0.39 is 64.1 Å². The minimum atomic E-state index is -1.31. The number of carbonyl (C=O) groups is 5. The lowest BCUT2D eigenvalue weighted by atomic mass is 9.93. The number of thioether (sulfide) groups is 1. The second-order valence-corrected chi connectivity index (χ2v) is 14.0. The van der Waals surface area contributed by atoms with Crippen molar-refractivity contribution in [3.63, 3.8) is 0 Å². The van der Waals surface area contributed by atoms with Crippen LogP contribution in [0.15, 0.2) is 78.9 Å². The van der Waals surface area contributed by atoms with Gasteiger partial charge in [-0.15, -0.1) is 11.8 Å². The molecule has 0 aliphatic carbocycles. The topological polar surface area (TPSA) is 166 Å². The lowest BCUT2D eigenvalue weighted by Gasteiger charge is -2.44. The minimum Gasteiger partial charge on any atom is -0.508 e. The third kappa shape index (κ3) is 6.22. The maximum absolute atomic E-state index is 14.0. The number of hydrogen-bond donors (Lipinski definition) is 4. The van der Waals surface area contributed by atoms with E-state index in [0.717, 1.165) is 16.7 Å². The second kappa shape index (κ2) is 12.6. The highest BCUT2D eigenvalue weighted by molar-refractivity contribution is 8.01. The number of nitrogens with one attached hydrogen (secondary N) is 2. The van der Waals surface area contributed by atoms with Crippen LogP contribution in [-0.4, -0.2) is 78.0 Å². The number of ether oxygens (including phenoxy) is 1. The molecule has 4 amide bonds. The summed E-state index contributed by atoms with van der Waals surface area (Å²) < 4.78 is 4.81. The zero-order valence-electron chi connectivity index (χ0n) is 25.7. The van der Waals surface area contributed by atoms with Gasteiger partial charge in [0.05, 0.1) is 6.54 Å². The van der Waals surface area contributed by atoms with Gasteiger partial charge in [-0.25, -0.2) is 9.59 Å². The van der Waals surface area contributed by atoms with Gasteiger partial charge in [-0.3, -0.25) is 19.3 Å². The predicted molar refractivity (Wildman–Crippen MR) is 171 cm³/mol. The smallest absolute Gasteiger partial charge is 0.411 e. The van der Waals surface area contributed by atoms with E-state index >= 15 is 0 Å². The summed E-state index contributed by atoms with van der Waals surface area (Å²) in [7, 11) is 0. The first-order valence-electron chi connectivity index (χ1n) is 15.1. The number of β-lactam (4-membered cyclic amide) rings is 1. The number of aromatic hydroxyl groups is 1. The maximum Gasteiger partial charge on any atom is 0.411 e. The number of nitrogens with zero attached hydrogens (tertiary/aromatic N) is 2. The van der Waals surface area contributed by atoms with Crippen LogP contribution in [-0.2, 0) is 43.5 Å². The van der Waals surface area contributed by atoms with Crippen molar-refractivity contribution >= 4 is 41.5 Å². The fraction of sp³-hybridized carbons (Fsp3) is 0.324. The number of phenols is 1. The summed E-state index contributed by atoms with van der Waals surface area (Å²) in [5, 5.41) is 24.5. The average molecular weight is 659 g/mol. The molecule has 0 radical (unpaired) electrons. The van der Waals surface area contributed by atoms with Crippen molar-refractivity contribution in [1.82, 2.24) is 20.4 Å². The lowest BCUT2D eigenvalue weighted by Crippen LogP contribution is -2.71. The van der Waals surface area contributed by atoms with Crippen molar-refractivity contribution in [1.29, 1.82) is 0 Å². The van der Waals surface area contributed by atoms with Gasteiger partial charge < -0.3 is 30.5 Å². The van der Waals surface area contributed by atoms with Crippen LogP contribution in [0.3, 0.4) is 0 Å². The molecule has 12 nitrogen and oxygen atoms in total. The van der Waals surface area contributed by atoms with Gasteiger partial charge in [-0.1, -0.05) is 66.7 Å². The van der Waals surface area contributed by atoms with Crippen LogP contribution < -0.4 is 10.6 Å². The van der Waals surface area contributed by atoms with Crippen molar-refractivity contribution in [2.45, 2.75) is 67.7 Å². The number of aliphatic carboxylic acids is 1. The van der Waals surface area contributed by atoms with Crippen LogP contribution in [0.4, 0.5) is 4.79 Å². The molecule has 0 spiro atoms. The molecule has 3 heterocycles. The van der Waals surface area contributed by atoms with Crippen LogP contribution in [0, 0.1) is 0 Å². The molecule has 5 atom stereocenters. The van der Waals surface area contributed by atoms with E-state index in [-0.39, 0.29) is 25.3 Å². The summed E-state index contributed by atoms with van der Waals surface area (Å²) in [6.07, 6.45) is -0.518. The van der Waals surface area contributed by atoms with Crippen LogP contribution in [0.5, 0.6) is 5.75 Å². The van der Waals surface area contributed by atoms with Crippen molar-refractivity contribution in [3.8, 4) is 5.75 Å². The summed E-state index contributed by atoms with van der Waals surface area (Å²) in [4.78, 5) is 68.9. The molecule has 2 saturated heterocycles. The van der Waals surface area contributed by atoms with Crippen molar-refractivity contribution < 1.29 is 38.9 Å². The molecule has 244 valence electrons. The van der Waals surface area contributed by atoms with Crippen molar-refractivity contribution in [2.75, 3.05) is 0 Å². The molecule has 4 N–H and O–H groups in total. The summed E-state index contributed by atoms with van der Waals surface area (Å²) in [5.41, 5.74) is 2.85. The van der Waals surface area contributed by atoms with Crippen LogP contribution in [0.25, 0.3) is 0 Å². The number of carboxylic acids is 1. The number of carboxylic acid groups (broad SMARTS) is 1. The Balaban J connectivity index is 1.23. The molecule has 2 unspecified atom stereocenters. The van der Waals surface area contributed by atoms with E-state index in [4.69, 9.17) is 4.74 Å². The first-order chi connectivity index (χ1) is 22.4. The van der Waals surface area contributed by atoms with Gasteiger partial charge in [0.25, 0.3) is 0 Å². The molecular formula is C34H34N4O8S. The SMILES string of the molecule is CC1(C)S[C@@H]2[C@H](NC(=O)C(NC(=O)C3Cc4ccccc4CN3C(=O)OCc3ccccc3)c3ccc(O)cc3)C(=O)N2[C@H]1C(=O)O. The highest BCUT2D eigenvalue weighted by Gasteiger charge is 2.64. The average Bonchev–Trinajstić information content (AvgIpc) is 3.32. The second-order valence-electron chi connectivity index (χ2n) is 12.3. The van der Waals surface area contributed by atoms with E-state index in [2.05, 4.69) is 10.6 Å². The number of rotatable bonds is 8. The molecule has 0 aromatic heterocycles. The third-order valence-corrected chi connectivity index (χ3v) is 10.3. The summed E-state index contributed by atoms with van der Waals surface area (Å²) in [6.45, 7) is 3.60. The van der Waals surface area contributed by atoms with Gasteiger partial charge in [0, 0.05) is 11.2 Å². The Kier molecular flexibility index (Phi) is 8.58. The predicted octanol–water partition coefficient (Wildman–Crippen LogP) is 2.94. The largest absolute Gasteiger partial charge is 0.508 e. The van der Waals surface area contributed by atoms with Gasteiger partial charge in [0.2, 0.25) is 17.7 Å². The molecule has 47 heavy (non-hydrogen) atoms. The van der Waals surface area contributed by atoms with E-state index in [1.807, 2.05) is 54.6 Å². The molecule has 0 saturated carbocycles. The van der Waals surface area contributed by atoms with E-state index in [1.165, 1.54) is 45.8 Å². The number of carbonyl (C=O) groups excluding carboxylic acids is 4. The monoisotopic (exact) mass is 658 g/mol. The molecular weight excluding hydrogens is 624 g/mol. The fourth-order valence-electron chi connectivity index (χ4n) is 6.34. The first kappa shape index (κ1) is 31.9. The number of amides is 4. The summed E-state index contributed by atoms with van der Waals surface area (Å²) in [5.74, 6) is -3.02. The van der Waals surface area contributed by atoms with E-state index in [9.17, 15) is 34.2 Å². The number of hydrogen-bond acceptors (Lipinski definition) is 8. The Labute approximate surface area is 275 Å². The first-order valence-corrected chi connectivity index (χ1v) is 16.0. The quantitative estimate of drug-likeness (QED) is 0.266. The Hall–Kier alpha value is -5.04. The molecule has 13 heteroatoms. The Morgan fingerprint density at radius 3 is 2.32 bits per heavy atom. The normalized spacial score (nSPS) is 23.1. The van der Waals surface area contributed by atoms with E-state index in [0.29, 0.717) is 5.56 Å². The molecule has 3 aromatic carbocycles. The van der Waals surface area contributed by atoms with Gasteiger partial charge in [-0.2, -0.15) is 0 Å². The Morgan fingerprint density at radius 1 is 0.979 bits per heavy atom. The molecule has 6 rings (SSSR count). The number of fused-ring (bicyclic) bond motifs is 2. The molecule has 2 fully saturated rings. The standard InChI is InChI=1S/C34H34N4O8S/c1-34(2)27(32(43)44)38-30(42)26(31(38)47-34)36-29(41)25(20-12-14-23(39)15-13-20)35-28(40)24-16-21-10-6-7-11-22(21)17-37(24)33(45)46-18-19-8-4-3-5-9-19/h3-15,24-27,31,39H,16-18H2,1-2H3,(H,35,40)(H,36,41)(H,43,44)/t24?,25?,26-,27+,31-/m1/s1. The highest BCUT2D eigenvalue weighted by atomic mass is 32.2. The summed E-state index contributed by atoms with van der Waals surface area (Å²) in [6, 6.07) is 17.9. The highest BCUT2D eigenvalue weighted by Crippen LogP contribution is 2.50. The summed E-state index contributed by atoms with van der Waals surface area (Å²) >= 11 is 1.28. The maximum atomic E-state index is 14.0. The third-order valence-electron chi connectivity index (χ3n) is 8.74. The Bertz CT molecular complexity index is 1720. The molecule has 3 aliphatic rings. The zero-order valence-corrected chi connectivity index (χ0v) is 26.5. The van der Waals surface area contributed by atoms with Crippen molar-refractivity contribution in [3.05, 3.63) is 101 Å². The minimum absolute atomic E-state index is 0.00977. The lowest BCUT2D eigenvalue weighted by molar-refractivity contribution is -0.161. The van der Waals surface area contributed by atoms with Crippen LogP contribution >= 0.6 is 11.8 Å².